The number of carbonyl (C=O) groups is 1. The molecule has 0 radical (unpaired) electrons. The van der Waals surface area contributed by atoms with E-state index in [1.54, 1.807) is 12.1 Å². The van der Waals surface area contributed by atoms with Crippen LogP contribution in [0.2, 0.25) is 5.02 Å². The highest BCUT2D eigenvalue weighted by molar-refractivity contribution is 6.32. The smallest absolute Gasteiger partial charge is 0.437 e. The van der Waals surface area contributed by atoms with Gasteiger partial charge in [-0.25, -0.2) is 4.68 Å². The van der Waals surface area contributed by atoms with Crippen LogP contribution in [0.15, 0.2) is 24.4 Å². The van der Waals surface area contributed by atoms with Gasteiger partial charge in [0, 0.05) is 11.2 Å². The minimum absolute atomic E-state index is 0.00628. The molecule has 3 rings (SSSR count). The van der Waals surface area contributed by atoms with Crippen molar-refractivity contribution in [3.8, 4) is 5.75 Å². The molecule has 11 heteroatoms. The Balaban J connectivity index is 1.69. The van der Waals surface area contributed by atoms with Gasteiger partial charge >= 0.3 is 6.18 Å². The van der Waals surface area contributed by atoms with Crippen molar-refractivity contribution in [2.24, 2.45) is 0 Å². The molecule has 0 bridgehead atoms. The summed E-state index contributed by atoms with van der Waals surface area (Å²) in [6, 6.07) is 4.92. The van der Waals surface area contributed by atoms with Crippen LogP contribution in [0.5, 0.6) is 5.75 Å². The zero-order valence-corrected chi connectivity index (χ0v) is 16.4. The van der Waals surface area contributed by atoms with Gasteiger partial charge in [0.1, 0.15) is 5.75 Å². The van der Waals surface area contributed by atoms with Crippen molar-refractivity contribution in [3.05, 3.63) is 57.6 Å². The number of anilines is 1. The standard InChI is InChI=1S/C18H17ClF3N5O2/c1-9-6-12(7-10(2)14(9)19)29-8-27-5-4-13(26-27)17(28)23-15-11(3)24-25-16(15)18(20,21)22/h4-7H,8H2,1-3H3,(H,23,28)(H,24,25). The van der Waals surface area contributed by atoms with Gasteiger partial charge in [0.05, 0.1) is 11.4 Å². The summed E-state index contributed by atoms with van der Waals surface area (Å²) in [4.78, 5) is 12.3. The highest BCUT2D eigenvalue weighted by atomic mass is 35.5. The van der Waals surface area contributed by atoms with Crippen LogP contribution in [0.3, 0.4) is 0 Å². The first kappa shape index (κ1) is 20.7. The Labute approximate surface area is 168 Å². The van der Waals surface area contributed by atoms with Crippen molar-refractivity contribution >= 4 is 23.2 Å². The molecule has 0 unspecified atom stereocenters. The van der Waals surface area contributed by atoms with Gasteiger partial charge in [-0.15, -0.1) is 0 Å². The summed E-state index contributed by atoms with van der Waals surface area (Å²) in [5.74, 6) is -0.216. The lowest BCUT2D eigenvalue weighted by molar-refractivity contribution is -0.140. The van der Waals surface area contributed by atoms with E-state index in [9.17, 15) is 18.0 Å². The van der Waals surface area contributed by atoms with Gasteiger partial charge in [-0.05, 0) is 50.1 Å². The van der Waals surface area contributed by atoms with E-state index in [0.717, 1.165) is 11.1 Å². The maximum atomic E-state index is 13.0. The average molecular weight is 428 g/mol. The number of aromatic nitrogens is 4. The first-order valence-electron chi connectivity index (χ1n) is 8.42. The number of halogens is 4. The second-order valence-electron chi connectivity index (χ2n) is 6.41. The van der Waals surface area contributed by atoms with Gasteiger partial charge in [-0.2, -0.15) is 23.4 Å². The van der Waals surface area contributed by atoms with E-state index in [4.69, 9.17) is 16.3 Å². The number of hydrogen-bond donors (Lipinski definition) is 2. The lowest BCUT2D eigenvalue weighted by Crippen LogP contribution is -2.17. The van der Waals surface area contributed by atoms with Crippen LogP contribution in [0, 0.1) is 20.8 Å². The van der Waals surface area contributed by atoms with Gasteiger partial charge in [-0.3, -0.25) is 9.89 Å². The number of alkyl halides is 3. The van der Waals surface area contributed by atoms with Crippen molar-refractivity contribution in [1.29, 1.82) is 0 Å². The fourth-order valence-corrected chi connectivity index (χ4v) is 2.76. The third-order valence-electron chi connectivity index (χ3n) is 4.10. The minimum atomic E-state index is -4.70. The lowest BCUT2D eigenvalue weighted by atomic mass is 10.1. The fraction of sp³-hybridized carbons (Fsp3) is 0.278. The van der Waals surface area contributed by atoms with Gasteiger partial charge in [-0.1, -0.05) is 11.6 Å². The molecule has 2 heterocycles. The number of amides is 1. The predicted octanol–water partition coefficient (Wildman–Crippen LogP) is 4.49. The van der Waals surface area contributed by atoms with E-state index < -0.39 is 23.5 Å². The summed E-state index contributed by atoms with van der Waals surface area (Å²) in [7, 11) is 0. The number of aryl methyl sites for hydroxylation is 3. The minimum Gasteiger partial charge on any atom is -0.471 e. The maximum Gasteiger partial charge on any atom is 0.437 e. The summed E-state index contributed by atoms with van der Waals surface area (Å²) in [6.07, 6.45) is -3.22. The normalized spacial score (nSPS) is 11.6. The predicted molar refractivity (Wildman–Crippen MR) is 100 cm³/mol. The number of rotatable bonds is 5. The van der Waals surface area contributed by atoms with Gasteiger partial charge in [0.15, 0.2) is 18.1 Å². The third-order valence-corrected chi connectivity index (χ3v) is 4.70. The Morgan fingerprint density at radius 1 is 1.28 bits per heavy atom. The molecule has 2 N–H and O–H groups in total. The van der Waals surface area contributed by atoms with Crippen molar-refractivity contribution in [1.82, 2.24) is 20.0 Å². The third kappa shape index (κ3) is 4.53. The van der Waals surface area contributed by atoms with Crippen LogP contribution in [0.1, 0.15) is 33.0 Å². The Morgan fingerprint density at radius 2 is 1.93 bits per heavy atom. The molecule has 0 aliphatic heterocycles. The Hall–Kier alpha value is -3.01. The quantitative estimate of drug-likeness (QED) is 0.628. The molecule has 3 aromatic rings. The number of benzene rings is 1. The SMILES string of the molecule is Cc1cc(OCn2ccc(C(=O)Nc3c(C(F)(F)F)n[nH]c3C)n2)cc(C)c1Cl. The number of nitrogens with zero attached hydrogens (tertiary/aromatic N) is 3. The Morgan fingerprint density at radius 3 is 2.55 bits per heavy atom. The number of H-pyrrole nitrogens is 1. The molecule has 2 aromatic heterocycles. The summed E-state index contributed by atoms with van der Waals surface area (Å²) in [5.41, 5.74) is 0.115. The molecular weight excluding hydrogens is 411 g/mol. The van der Waals surface area contributed by atoms with E-state index in [0.29, 0.717) is 10.8 Å². The zero-order chi connectivity index (χ0) is 21.3. The lowest BCUT2D eigenvalue weighted by Gasteiger charge is -2.10. The second kappa shape index (κ2) is 7.78. The van der Waals surface area contributed by atoms with Crippen LogP contribution in [0.25, 0.3) is 0 Å². The molecule has 0 saturated heterocycles. The van der Waals surface area contributed by atoms with E-state index in [-0.39, 0.29) is 18.1 Å². The topological polar surface area (TPSA) is 84.8 Å². The summed E-state index contributed by atoms with van der Waals surface area (Å²) in [6.45, 7) is 5.09. The van der Waals surface area contributed by atoms with Gasteiger partial charge < -0.3 is 10.1 Å². The van der Waals surface area contributed by atoms with Crippen molar-refractivity contribution in [2.75, 3.05) is 5.32 Å². The zero-order valence-electron chi connectivity index (χ0n) is 15.7. The largest absolute Gasteiger partial charge is 0.471 e. The van der Waals surface area contributed by atoms with Crippen LogP contribution >= 0.6 is 11.6 Å². The highest BCUT2D eigenvalue weighted by Gasteiger charge is 2.38. The molecule has 0 aliphatic carbocycles. The van der Waals surface area contributed by atoms with Crippen LogP contribution in [-0.4, -0.2) is 25.9 Å². The maximum absolute atomic E-state index is 13.0. The van der Waals surface area contributed by atoms with Crippen LogP contribution in [0.4, 0.5) is 18.9 Å². The summed E-state index contributed by atoms with van der Waals surface area (Å²) >= 11 is 6.12. The molecular formula is C18H17ClF3N5O2. The van der Waals surface area contributed by atoms with Gasteiger partial charge in [0.25, 0.3) is 5.91 Å². The van der Waals surface area contributed by atoms with Crippen molar-refractivity contribution in [2.45, 2.75) is 33.7 Å². The van der Waals surface area contributed by atoms with Crippen molar-refractivity contribution < 1.29 is 22.7 Å². The van der Waals surface area contributed by atoms with Crippen molar-refractivity contribution in [3.63, 3.8) is 0 Å². The number of aromatic amines is 1. The number of ether oxygens (including phenoxy) is 1. The van der Waals surface area contributed by atoms with E-state index in [1.165, 1.54) is 23.9 Å². The molecule has 0 aliphatic rings. The molecule has 0 atom stereocenters. The summed E-state index contributed by atoms with van der Waals surface area (Å²) < 4.78 is 45.9. The average Bonchev–Trinajstić information content (AvgIpc) is 3.25. The monoisotopic (exact) mass is 427 g/mol. The molecule has 154 valence electrons. The molecule has 0 saturated carbocycles. The first-order valence-corrected chi connectivity index (χ1v) is 8.80. The fourth-order valence-electron chi connectivity index (χ4n) is 2.65. The first-order chi connectivity index (χ1) is 13.6. The van der Waals surface area contributed by atoms with E-state index in [2.05, 4.69) is 20.6 Å². The number of nitrogens with one attached hydrogen (secondary N) is 2. The molecule has 29 heavy (non-hydrogen) atoms. The van der Waals surface area contributed by atoms with E-state index in [1.807, 2.05) is 13.8 Å². The van der Waals surface area contributed by atoms with Crippen LogP contribution < -0.4 is 10.1 Å². The molecule has 7 nitrogen and oxygen atoms in total. The number of carbonyl (C=O) groups excluding carboxylic acids is 1. The Kier molecular flexibility index (Phi) is 5.56. The molecule has 1 aromatic carbocycles. The summed E-state index contributed by atoms with van der Waals surface area (Å²) in [5, 5.41) is 12.3. The van der Waals surface area contributed by atoms with Crippen LogP contribution in [-0.2, 0) is 12.9 Å². The van der Waals surface area contributed by atoms with Gasteiger partial charge in [0.2, 0.25) is 0 Å². The highest BCUT2D eigenvalue weighted by Crippen LogP contribution is 2.34. The molecule has 0 spiro atoms. The Bertz CT molecular complexity index is 1040. The molecule has 0 fully saturated rings. The molecule has 1 amide bonds. The number of hydrogen-bond acceptors (Lipinski definition) is 4. The van der Waals surface area contributed by atoms with E-state index >= 15 is 0 Å². The second-order valence-corrected chi connectivity index (χ2v) is 6.79.